The van der Waals surface area contributed by atoms with Crippen molar-refractivity contribution >= 4 is 27.7 Å². The number of imidazole rings is 1. The van der Waals surface area contributed by atoms with Crippen LogP contribution in [0.5, 0.6) is 0 Å². The van der Waals surface area contributed by atoms with Gasteiger partial charge in [-0.05, 0) is 28.1 Å². The van der Waals surface area contributed by atoms with Crippen LogP contribution in [0.2, 0.25) is 0 Å². The van der Waals surface area contributed by atoms with Crippen molar-refractivity contribution in [2.75, 3.05) is 0 Å². The molecule has 0 aliphatic rings. The summed E-state index contributed by atoms with van der Waals surface area (Å²) in [4.78, 5) is 4.21. The van der Waals surface area contributed by atoms with Gasteiger partial charge in [0, 0.05) is 19.4 Å². The van der Waals surface area contributed by atoms with E-state index in [-0.39, 0.29) is 0 Å². The zero-order valence-corrected chi connectivity index (χ0v) is 10.0. The Hall–Kier alpha value is -0.680. The molecule has 0 aliphatic carbocycles. The minimum Gasteiger partial charge on any atom is -0.453 e. The molecular weight excluding hydrogens is 264 g/mol. The molecule has 0 bridgehead atoms. The highest BCUT2D eigenvalue weighted by Gasteiger charge is 2.03. The highest BCUT2D eigenvalue weighted by atomic mass is 79.9. The molecule has 0 atom stereocenters. The predicted octanol–water partition coefficient (Wildman–Crippen LogP) is 3.07. The zero-order chi connectivity index (χ0) is 9.97. The second-order valence-corrected chi connectivity index (χ2v) is 4.54. The van der Waals surface area contributed by atoms with Gasteiger partial charge >= 0.3 is 0 Å². The lowest BCUT2D eigenvalue weighted by Gasteiger charge is -1.98. The Bertz CT molecular complexity index is 424. The van der Waals surface area contributed by atoms with Crippen LogP contribution in [0.1, 0.15) is 5.76 Å². The summed E-state index contributed by atoms with van der Waals surface area (Å²) in [6, 6.07) is 3.86. The number of aromatic nitrogens is 2. The molecular formula is C9H9BrN2OS. The predicted molar refractivity (Wildman–Crippen MR) is 59.2 cm³/mol. The Morgan fingerprint density at radius 2 is 2.43 bits per heavy atom. The molecule has 5 heteroatoms. The summed E-state index contributed by atoms with van der Waals surface area (Å²) in [5.74, 6) is 1.75. The van der Waals surface area contributed by atoms with Gasteiger partial charge in [0.15, 0.2) is 9.83 Å². The molecule has 0 radical (unpaired) electrons. The van der Waals surface area contributed by atoms with Crippen LogP contribution >= 0.6 is 27.7 Å². The van der Waals surface area contributed by atoms with E-state index in [1.165, 1.54) is 0 Å². The molecule has 0 fully saturated rings. The van der Waals surface area contributed by atoms with Crippen LogP contribution < -0.4 is 0 Å². The van der Waals surface area contributed by atoms with E-state index in [4.69, 9.17) is 4.42 Å². The maximum Gasteiger partial charge on any atom is 0.169 e. The fourth-order valence-corrected chi connectivity index (χ4v) is 2.22. The van der Waals surface area contributed by atoms with E-state index in [1.54, 1.807) is 18.0 Å². The fourth-order valence-electron chi connectivity index (χ4n) is 1.06. The van der Waals surface area contributed by atoms with Gasteiger partial charge in [-0.2, -0.15) is 0 Å². The number of hydrogen-bond acceptors (Lipinski definition) is 3. The van der Waals surface area contributed by atoms with Gasteiger partial charge in [-0.25, -0.2) is 4.98 Å². The van der Waals surface area contributed by atoms with Crippen molar-refractivity contribution in [1.29, 1.82) is 0 Å². The van der Waals surface area contributed by atoms with Gasteiger partial charge in [0.25, 0.3) is 0 Å². The molecule has 2 aromatic heterocycles. The molecule has 0 saturated heterocycles. The topological polar surface area (TPSA) is 31.0 Å². The quantitative estimate of drug-likeness (QED) is 0.805. The smallest absolute Gasteiger partial charge is 0.169 e. The van der Waals surface area contributed by atoms with Gasteiger partial charge in [0.2, 0.25) is 0 Å². The number of nitrogens with zero attached hydrogens (tertiary/aromatic N) is 2. The van der Waals surface area contributed by atoms with Crippen molar-refractivity contribution in [3.05, 3.63) is 35.0 Å². The first kappa shape index (κ1) is 9.86. The summed E-state index contributed by atoms with van der Waals surface area (Å²) in [6.07, 6.45) is 3.72. The van der Waals surface area contributed by atoms with Crippen molar-refractivity contribution < 1.29 is 4.42 Å². The first-order valence-electron chi connectivity index (χ1n) is 4.10. The lowest BCUT2D eigenvalue weighted by molar-refractivity contribution is 0.506. The van der Waals surface area contributed by atoms with Crippen LogP contribution in [0.15, 0.2) is 38.8 Å². The summed E-state index contributed by atoms with van der Waals surface area (Å²) < 4.78 is 8.14. The Balaban J connectivity index is 1.98. The molecule has 0 saturated carbocycles. The van der Waals surface area contributed by atoms with E-state index in [9.17, 15) is 0 Å². The third-order valence-electron chi connectivity index (χ3n) is 1.75. The molecule has 14 heavy (non-hydrogen) atoms. The standard InChI is InChI=1S/C9H9BrN2OS/c1-12-5-4-11-9(12)14-6-7-2-3-8(10)13-7/h2-5H,6H2,1H3. The molecule has 74 valence electrons. The Labute approximate surface area is 94.6 Å². The fraction of sp³-hybridized carbons (Fsp3) is 0.222. The monoisotopic (exact) mass is 272 g/mol. The SMILES string of the molecule is Cn1ccnc1SCc1ccc(Br)o1. The third-order valence-corrected chi connectivity index (χ3v) is 3.26. The van der Waals surface area contributed by atoms with E-state index in [2.05, 4.69) is 20.9 Å². The Morgan fingerprint density at radius 1 is 1.57 bits per heavy atom. The minimum atomic E-state index is 0.771. The molecule has 0 spiro atoms. The van der Waals surface area contributed by atoms with Crippen LogP contribution in [0.3, 0.4) is 0 Å². The lowest BCUT2D eigenvalue weighted by atomic mass is 10.5. The van der Waals surface area contributed by atoms with E-state index < -0.39 is 0 Å². The number of halogens is 1. The van der Waals surface area contributed by atoms with Crippen molar-refractivity contribution in [2.24, 2.45) is 7.05 Å². The largest absolute Gasteiger partial charge is 0.453 e. The molecule has 0 unspecified atom stereocenters. The number of thioether (sulfide) groups is 1. The van der Waals surface area contributed by atoms with E-state index in [0.29, 0.717) is 0 Å². The van der Waals surface area contributed by atoms with Gasteiger partial charge in [-0.3, -0.25) is 0 Å². The van der Waals surface area contributed by atoms with Gasteiger partial charge in [0.05, 0.1) is 5.75 Å². The average Bonchev–Trinajstić information content (AvgIpc) is 2.72. The van der Waals surface area contributed by atoms with Crippen LogP contribution in [-0.2, 0) is 12.8 Å². The van der Waals surface area contributed by atoms with Gasteiger partial charge in [-0.1, -0.05) is 11.8 Å². The normalized spacial score (nSPS) is 10.7. The highest BCUT2D eigenvalue weighted by Crippen LogP contribution is 2.23. The summed E-state index contributed by atoms with van der Waals surface area (Å²) in [6.45, 7) is 0. The van der Waals surface area contributed by atoms with Crippen LogP contribution in [0, 0.1) is 0 Å². The number of aryl methyl sites for hydroxylation is 1. The summed E-state index contributed by atoms with van der Waals surface area (Å²) in [7, 11) is 1.98. The lowest BCUT2D eigenvalue weighted by Crippen LogP contribution is -1.88. The molecule has 0 N–H and O–H groups in total. The molecule has 0 aliphatic heterocycles. The molecule has 3 nitrogen and oxygen atoms in total. The maximum atomic E-state index is 5.38. The van der Waals surface area contributed by atoms with Crippen molar-refractivity contribution in [3.63, 3.8) is 0 Å². The zero-order valence-electron chi connectivity index (χ0n) is 7.61. The Kier molecular flexibility index (Phi) is 2.98. The maximum absolute atomic E-state index is 5.38. The van der Waals surface area contributed by atoms with Gasteiger partial charge in [-0.15, -0.1) is 0 Å². The van der Waals surface area contributed by atoms with E-state index in [1.807, 2.05) is 29.9 Å². The van der Waals surface area contributed by atoms with Crippen LogP contribution in [-0.4, -0.2) is 9.55 Å². The second-order valence-electron chi connectivity index (χ2n) is 2.82. The van der Waals surface area contributed by atoms with Gasteiger partial charge < -0.3 is 8.98 Å². The van der Waals surface area contributed by atoms with Crippen molar-refractivity contribution in [3.8, 4) is 0 Å². The average molecular weight is 273 g/mol. The number of furan rings is 1. The van der Waals surface area contributed by atoms with E-state index >= 15 is 0 Å². The summed E-state index contributed by atoms with van der Waals surface area (Å²) in [5, 5.41) is 0.998. The van der Waals surface area contributed by atoms with Crippen LogP contribution in [0.4, 0.5) is 0 Å². The minimum absolute atomic E-state index is 0.771. The molecule has 0 amide bonds. The number of rotatable bonds is 3. The van der Waals surface area contributed by atoms with Gasteiger partial charge in [0.1, 0.15) is 5.76 Å². The van der Waals surface area contributed by atoms with E-state index in [0.717, 1.165) is 21.3 Å². The van der Waals surface area contributed by atoms with Crippen LogP contribution in [0.25, 0.3) is 0 Å². The Morgan fingerprint density at radius 3 is 3.00 bits per heavy atom. The van der Waals surface area contributed by atoms with Crippen molar-refractivity contribution in [2.45, 2.75) is 10.9 Å². The molecule has 0 aromatic carbocycles. The van der Waals surface area contributed by atoms with Crippen molar-refractivity contribution in [1.82, 2.24) is 9.55 Å². The summed E-state index contributed by atoms with van der Waals surface area (Å²) >= 11 is 4.93. The molecule has 2 rings (SSSR count). The molecule has 2 aromatic rings. The summed E-state index contributed by atoms with van der Waals surface area (Å²) in [5.41, 5.74) is 0. The highest BCUT2D eigenvalue weighted by molar-refractivity contribution is 9.10. The first-order chi connectivity index (χ1) is 6.75. The number of hydrogen-bond donors (Lipinski definition) is 0. The third kappa shape index (κ3) is 2.22. The first-order valence-corrected chi connectivity index (χ1v) is 5.88. The second kappa shape index (κ2) is 4.23. The molecule has 2 heterocycles.